The van der Waals surface area contributed by atoms with Crippen LogP contribution in [0.3, 0.4) is 0 Å². The quantitative estimate of drug-likeness (QED) is 0.899. The van der Waals surface area contributed by atoms with Crippen molar-refractivity contribution in [3.05, 3.63) is 42.0 Å². The molecule has 0 unspecified atom stereocenters. The number of benzene rings is 2. The second-order valence-corrected chi connectivity index (χ2v) is 6.29. The highest BCUT2D eigenvalue weighted by atomic mass is 16.5. The fraction of sp³-hybridized carbons (Fsp3) is 0.421. The van der Waals surface area contributed by atoms with E-state index in [1.54, 1.807) is 11.9 Å². The predicted molar refractivity (Wildman–Crippen MR) is 94.8 cm³/mol. The van der Waals surface area contributed by atoms with E-state index >= 15 is 0 Å². The van der Waals surface area contributed by atoms with Crippen molar-refractivity contribution in [1.29, 1.82) is 0 Å². The lowest BCUT2D eigenvalue weighted by Crippen LogP contribution is -2.40. The Morgan fingerprint density at radius 1 is 1.13 bits per heavy atom. The van der Waals surface area contributed by atoms with Gasteiger partial charge in [0.1, 0.15) is 5.75 Å². The molecule has 0 fully saturated rings. The second-order valence-electron chi connectivity index (χ2n) is 6.29. The molecule has 4 nitrogen and oxygen atoms in total. The summed E-state index contributed by atoms with van der Waals surface area (Å²) in [6.07, 6.45) is 0.0870. The van der Waals surface area contributed by atoms with Gasteiger partial charge in [0, 0.05) is 25.2 Å². The number of nitrogens with zero attached hydrogens (tertiary/aromatic N) is 1. The van der Waals surface area contributed by atoms with Crippen LogP contribution in [0, 0.1) is 0 Å². The summed E-state index contributed by atoms with van der Waals surface area (Å²) >= 11 is 0. The maximum absolute atomic E-state index is 12.2. The van der Waals surface area contributed by atoms with Crippen LogP contribution < -0.4 is 10.1 Å². The van der Waals surface area contributed by atoms with Gasteiger partial charge in [-0.25, -0.2) is 4.79 Å². The number of hydrogen-bond acceptors (Lipinski definition) is 2. The molecule has 1 N–H and O–H groups in total. The third-order valence-electron chi connectivity index (χ3n) is 3.87. The number of urea groups is 1. The fourth-order valence-corrected chi connectivity index (χ4v) is 2.39. The molecule has 2 aromatic carbocycles. The Morgan fingerprint density at radius 2 is 1.83 bits per heavy atom. The molecule has 0 aliphatic heterocycles. The summed E-state index contributed by atoms with van der Waals surface area (Å²) in [5.74, 6) is 0.825. The number of carbonyl (C=O) groups excluding carboxylic acids is 1. The molecule has 2 rings (SSSR count). The highest BCUT2D eigenvalue weighted by molar-refractivity contribution is 5.88. The van der Waals surface area contributed by atoms with Gasteiger partial charge < -0.3 is 15.0 Å². The van der Waals surface area contributed by atoms with Crippen molar-refractivity contribution in [2.24, 2.45) is 0 Å². The molecule has 0 spiro atoms. The van der Waals surface area contributed by atoms with Gasteiger partial charge in [-0.3, -0.25) is 0 Å². The molecule has 4 heteroatoms. The minimum absolute atomic E-state index is 0.0802. The summed E-state index contributed by atoms with van der Waals surface area (Å²) < 4.78 is 5.93. The number of hydrogen-bond donors (Lipinski definition) is 1. The Hall–Kier alpha value is -2.23. The SMILES string of the molecule is CC(C)Oc1ccc2ccccc2c1CNC(=O)N(C)C(C)C. The van der Waals surface area contributed by atoms with Crippen molar-refractivity contribution in [3.8, 4) is 5.75 Å². The molecule has 23 heavy (non-hydrogen) atoms. The van der Waals surface area contributed by atoms with E-state index in [0.29, 0.717) is 6.54 Å². The molecular weight excluding hydrogens is 288 g/mol. The third-order valence-corrected chi connectivity index (χ3v) is 3.87. The van der Waals surface area contributed by atoms with E-state index in [0.717, 1.165) is 22.1 Å². The van der Waals surface area contributed by atoms with Gasteiger partial charge in [-0.2, -0.15) is 0 Å². The summed E-state index contributed by atoms with van der Waals surface area (Å²) in [7, 11) is 1.80. The Morgan fingerprint density at radius 3 is 2.48 bits per heavy atom. The molecule has 0 aliphatic carbocycles. The monoisotopic (exact) mass is 314 g/mol. The van der Waals surface area contributed by atoms with Crippen molar-refractivity contribution in [2.45, 2.75) is 46.4 Å². The zero-order valence-electron chi connectivity index (χ0n) is 14.6. The zero-order valence-corrected chi connectivity index (χ0v) is 14.6. The summed E-state index contributed by atoms with van der Waals surface area (Å²) in [6.45, 7) is 8.43. The lowest BCUT2D eigenvalue weighted by atomic mass is 10.0. The molecule has 0 heterocycles. The highest BCUT2D eigenvalue weighted by Gasteiger charge is 2.14. The van der Waals surface area contributed by atoms with Crippen LogP contribution in [0.15, 0.2) is 36.4 Å². The van der Waals surface area contributed by atoms with Crippen LogP contribution in [0.25, 0.3) is 10.8 Å². The van der Waals surface area contributed by atoms with Gasteiger partial charge in [0.25, 0.3) is 0 Å². The van der Waals surface area contributed by atoms with Crippen molar-refractivity contribution >= 4 is 16.8 Å². The molecule has 0 saturated heterocycles. The highest BCUT2D eigenvalue weighted by Crippen LogP contribution is 2.28. The molecule has 0 aliphatic rings. The van der Waals surface area contributed by atoms with Crippen LogP contribution in [0.5, 0.6) is 5.75 Å². The van der Waals surface area contributed by atoms with E-state index in [1.807, 2.05) is 45.9 Å². The van der Waals surface area contributed by atoms with Crippen molar-refractivity contribution in [1.82, 2.24) is 10.2 Å². The summed E-state index contributed by atoms with van der Waals surface area (Å²) in [4.78, 5) is 13.9. The topological polar surface area (TPSA) is 41.6 Å². The van der Waals surface area contributed by atoms with Gasteiger partial charge in [-0.15, -0.1) is 0 Å². The van der Waals surface area contributed by atoms with Gasteiger partial charge in [0.05, 0.1) is 6.10 Å². The van der Waals surface area contributed by atoms with Crippen LogP contribution in [0.1, 0.15) is 33.3 Å². The second kappa shape index (κ2) is 7.36. The molecule has 0 radical (unpaired) electrons. The first-order chi connectivity index (χ1) is 10.9. The number of ether oxygens (including phenoxy) is 1. The zero-order chi connectivity index (χ0) is 17.0. The number of rotatable bonds is 5. The van der Waals surface area contributed by atoms with Crippen LogP contribution in [-0.4, -0.2) is 30.1 Å². The van der Waals surface area contributed by atoms with Gasteiger partial charge in [0.2, 0.25) is 0 Å². The average molecular weight is 314 g/mol. The van der Waals surface area contributed by atoms with Gasteiger partial charge in [-0.1, -0.05) is 30.3 Å². The summed E-state index contributed by atoms with van der Waals surface area (Å²) in [6, 6.07) is 12.3. The van der Waals surface area contributed by atoms with Crippen LogP contribution in [0.4, 0.5) is 4.79 Å². The minimum Gasteiger partial charge on any atom is -0.491 e. The molecule has 2 aromatic rings. The molecule has 0 bridgehead atoms. The van der Waals surface area contributed by atoms with E-state index in [9.17, 15) is 4.79 Å². The van der Waals surface area contributed by atoms with Crippen molar-refractivity contribution < 1.29 is 9.53 Å². The van der Waals surface area contributed by atoms with E-state index < -0.39 is 0 Å². The van der Waals surface area contributed by atoms with Crippen LogP contribution >= 0.6 is 0 Å². The minimum atomic E-state index is -0.0802. The summed E-state index contributed by atoms with van der Waals surface area (Å²) in [5.41, 5.74) is 1.02. The van der Waals surface area contributed by atoms with Crippen molar-refractivity contribution in [2.75, 3.05) is 7.05 Å². The van der Waals surface area contributed by atoms with E-state index in [1.165, 1.54) is 0 Å². The molecule has 0 saturated carbocycles. The number of carbonyl (C=O) groups is 1. The first-order valence-corrected chi connectivity index (χ1v) is 8.08. The standard InChI is InChI=1S/C19H26N2O2/c1-13(2)21(5)19(22)20-12-17-16-9-7-6-8-15(16)10-11-18(17)23-14(3)4/h6-11,13-14H,12H2,1-5H3,(H,20,22). The Bertz CT molecular complexity index is 680. The van der Waals surface area contributed by atoms with Gasteiger partial charge in [-0.05, 0) is 44.5 Å². The molecular formula is C19H26N2O2. The summed E-state index contributed by atoms with van der Waals surface area (Å²) in [5, 5.41) is 5.25. The molecule has 0 atom stereocenters. The Balaban J connectivity index is 2.31. The van der Waals surface area contributed by atoms with Crippen LogP contribution in [-0.2, 0) is 6.54 Å². The number of nitrogens with one attached hydrogen (secondary N) is 1. The number of amides is 2. The first kappa shape index (κ1) is 17.1. The van der Waals surface area contributed by atoms with Crippen molar-refractivity contribution in [3.63, 3.8) is 0 Å². The van der Waals surface area contributed by atoms with Gasteiger partial charge >= 0.3 is 6.03 Å². The maximum Gasteiger partial charge on any atom is 0.317 e. The van der Waals surface area contributed by atoms with Gasteiger partial charge in [0.15, 0.2) is 0 Å². The molecule has 2 amide bonds. The Labute approximate surface area is 138 Å². The maximum atomic E-state index is 12.2. The van der Waals surface area contributed by atoms with E-state index in [4.69, 9.17) is 4.74 Å². The average Bonchev–Trinajstić information content (AvgIpc) is 2.52. The fourth-order valence-electron chi connectivity index (χ4n) is 2.39. The lowest BCUT2D eigenvalue weighted by Gasteiger charge is -2.23. The third kappa shape index (κ3) is 4.15. The van der Waals surface area contributed by atoms with E-state index in [-0.39, 0.29) is 18.2 Å². The van der Waals surface area contributed by atoms with E-state index in [2.05, 4.69) is 23.5 Å². The number of fused-ring (bicyclic) bond motifs is 1. The smallest absolute Gasteiger partial charge is 0.317 e. The molecule has 124 valence electrons. The molecule has 0 aromatic heterocycles. The largest absolute Gasteiger partial charge is 0.491 e. The van der Waals surface area contributed by atoms with Crippen LogP contribution in [0.2, 0.25) is 0 Å². The predicted octanol–water partition coefficient (Wildman–Crippen LogP) is 4.18. The Kier molecular flexibility index (Phi) is 5.48. The normalized spacial score (nSPS) is 11.1. The first-order valence-electron chi connectivity index (χ1n) is 8.08. The lowest BCUT2D eigenvalue weighted by molar-refractivity contribution is 0.197.